The molecule has 6 heteroatoms. The van der Waals surface area contributed by atoms with Crippen LogP contribution in [0.2, 0.25) is 0 Å². The minimum absolute atomic E-state index is 0.694. The van der Waals surface area contributed by atoms with Gasteiger partial charge in [-0.15, -0.1) is 5.10 Å². The highest BCUT2D eigenvalue weighted by Crippen LogP contribution is 2.49. The number of nitrogens with one attached hydrogen (secondary N) is 1. The molecule has 2 fully saturated rings. The first-order chi connectivity index (χ1) is 11.8. The molecule has 2 aliphatic rings. The summed E-state index contributed by atoms with van der Waals surface area (Å²) in [5, 5.41) is 14.7. The Kier molecular flexibility index (Phi) is 4.47. The summed E-state index contributed by atoms with van der Waals surface area (Å²) >= 11 is 0. The second-order valence-electron chi connectivity index (χ2n) is 7.18. The van der Waals surface area contributed by atoms with E-state index in [9.17, 15) is 0 Å². The van der Waals surface area contributed by atoms with Gasteiger partial charge in [-0.2, -0.15) is 0 Å². The van der Waals surface area contributed by atoms with Crippen molar-refractivity contribution in [3.8, 4) is 11.4 Å². The van der Waals surface area contributed by atoms with Crippen LogP contribution >= 0.6 is 0 Å². The van der Waals surface area contributed by atoms with Crippen molar-refractivity contribution in [2.75, 3.05) is 13.2 Å². The van der Waals surface area contributed by atoms with Crippen molar-refractivity contribution in [2.45, 2.75) is 38.6 Å². The molecular weight excluding hydrogens is 302 g/mol. The van der Waals surface area contributed by atoms with Gasteiger partial charge in [-0.25, -0.2) is 4.68 Å². The lowest BCUT2D eigenvalue weighted by Crippen LogP contribution is -2.36. The predicted molar refractivity (Wildman–Crippen MR) is 91.1 cm³/mol. The zero-order valence-corrected chi connectivity index (χ0v) is 14.1. The van der Waals surface area contributed by atoms with Gasteiger partial charge in [0.15, 0.2) is 0 Å². The number of tetrazole rings is 1. The molecule has 1 aliphatic heterocycles. The number of hydrogen-bond acceptors (Lipinski definition) is 5. The molecule has 4 unspecified atom stereocenters. The Morgan fingerprint density at radius 2 is 2.12 bits per heavy atom. The summed E-state index contributed by atoms with van der Waals surface area (Å²) in [6, 6.07) is 8.61. The van der Waals surface area contributed by atoms with E-state index in [-0.39, 0.29) is 0 Å². The van der Waals surface area contributed by atoms with Gasteiger partial charge in [-0.3, -0.25) is 0 Å². The molecule has 1 N–H and O–H groups in total. The first-order valence-electron chi connectivity index (χ1n) is 8.99. The summed E-state index contributed by atoms with van der Waals surface area (Å²) < 4.78 is 7.55. The van der Waals surface area contributed by atoms with E-state index in [1.54, 1.807) is 11.0 Å². The number of benzene rings is 1. The fourth-order valence-electron chi connectivity index (χ4n) is 4.04. The van der Waals surface area contributed by atoms with Crippen molar-refractivity contribution >= 4 is 0 Å². The van der Waals surface area contributed by atoms with Crippen molar-refractivity contribution in [1.82, 2.24) is 25.5 Å². The molecule has 2 heterocycles. The summed E-state index contributed by atoms with van der Waals surface area (Å²) in [6.07, 6.45) is 6.87. The van der Waals surface area contributed by atoms with Crippen molar-refractivity contribution < 1.29 is 4.74 Å². The van der Waals surface area contributed by atoms with E-state index >= 15 is 0 Å². The standard InChI is InChI=1S/C18H25N5O/c1-13-10-14(6-8-19-13)18-11-15(18)7-9-24-17-4-2-16(3-5-17)23-12-20-21-22-23/h2-5,12-15,18-19H,6-11H2,1H3. The summed E-state index contributed by atoms with van der Waals surface area (Å²) in [5.41, 5.74) is 0.939. The number of hydrogen-bond donors (Lipinski definition) is 1. The van der Waals surface area contributed by atoms with Crippen molar-refractivity contribution in [1.29, 1.82) is 0 Å². The van der Waals surface area contributed by atoms with Gasteiger partial charge in [0.2, 0.25) is 0 Å². The average molecular weight is 327 g/mol. The van der Waals surface area contributed by atoms with E-state index in [4.69, 9.17) is 4.74 Å². The van der Waals surface area contributed by atoms with Crippen LogP contribution < -0.4 is 10.1 Å². The Morgan fingerprint density at radius 3 is 2.88 bits per heavy atom. The minimum atomic E-state index is 0.694. The van der Waals surface area contributed by atoms with E-state index in [0.717, 1.165) is 35.8 Å². The highest BCUT2D eigenvalue weighted by molar-refractivity contribution is 5.36. The zero-order chi connectivity index (χ0) is 16.4. The van der Waals surface area contributed by atoms with Crippen LogP contribution in [0.4, 0.5) is 0 Å². The SMILES string of the molecule is CC1CC(C2CC2CCOc2ccc(-n3cnnn3)cc2)CCN1. The van der Waals surface area contributed by atoms with Gasteiger partial charge >= 0.3 is 0 Å². The number of rotatable bonds is 6. The summed E-state index contributed by atoms with van der Waals surface area (Å²) in [6.45, 7) is 4.32. The molecule has 1 saturated heterocycles. The maximum atomic E-state index is 5.91. The second kappa shape index (κ2) is 6.89. The third-order valence-electron chi connectivity index (χ3n) is 5.45. The minimum Gasteiger partial charge on any atom is -0.494 e. The number of nitrogens with zero attached hydrogens (tertiary/aromatic N) is 4. The summed E-state index contributed by atoms with van der Waals surface area (Å²) in [4.78, 5) is 0. The molecule has 4 atom stereocenters. The highest BCUT2D eigenvalue weighted by Gasteiger charge is 2.43. The molecule has 0 spiro atoms. The molecule has 24 heavy (non-hydrogen) atoms. The molecule has 0 amide bonds. The third-order valence-corrected chi connectivity index (χ3v) is 5.45. The van der Waals surface area contributed by atoms with E-state index in [2.05, 4.69) is 27.8 Å². The molecule has 1 aromatic carbocycles. The molecule has 2 aromatic rings. The van der Waals surface area contributed by atoms with Gasteiger partial charge in [-0.05, 0) is 91.6 Å². The van der Waals surface area contributed by atoms with Crippen molar-refractivity contribution in [3.05, 3.63) is 30.6 Å². The first kappa shape index (κ1) is 15.6. The number of ether oxygens (including phenoxy) is 1. The summed E-state index contributed by atoms with van der Waals surface area (Å²) in [7, 11) is 0. The number of piperidine rings is 1. The average Bonchev–Trinajstić information content (AvgIpc) is 3.16. The highest BCUT2D eigenvalue weighted by atomic mass is 16.5. The van der Waals surface area contributed by atoms with Crippen LogP contribution in [-0.2, 0) is 0 Å². The Balaban J connectivity index is 1.21. The molecular formula is C18H25N5O. The van der Waals surface area contributed by atoms with Crippen LogP contribution in [0.1, 0.15) is 32.6 Å². The van der Waals surface area contributed by atoms with Gasteiger partial charge in [0.25, 0.3) is 0 Å². The molecule has 4 rings (SSSR count). The molecule has 1 aromatic heterocycles. The van der Waals surface area contributed by atoms with E-state index in [0.29, 0.717) is 6.04 Å². The van der Waals surface area contributed by atoms with Gasteiger partial charge in [0, 0.05) is 6.04 Å². The second-order valence-corrected chi connectivity index (χ2v) is 7.18. The van der Waals surface area contributed by atoms with Crippen LogP contribution in [0.15, 0.2) is 30.6 Å². The molecule has 6 nitrogen and oxygen atoms in total. The maximum absolute atomic E-state index is 5.91. The lowest BCUT2D eigenvalue weighted by atomic mass is 9.88. The monoisotopic (exact) mass is 327 g/mol. The molecule has 0 bridgehead atoms. The van der Waals surface area contributed by atoms with Crippen molar-refractivity contribution in [2.24, 2.45) is 17.8 Å². The van der Waals surface area contributed by atoms with Gasteiger partial charge in [-0.1, -0.05) is 0 Å². The lowest BCUT2D eigenvalue weighted by molar-refractivity contribution is 0.259. The Bertz CT molecular complexity index is 642. The smallest absolute Gasteiger partial charge is 0.143 e. The quantitative estimate of drug-likeness (QED) is 0.883. The maximum Gasteiger partial charge on any atom is 0.143 e. The van der Waals surface area contributed by atoms with E-state index < -0.39 is 0 Å². The van der Waals surface area contributed by atoms with Crippen molar-refractivity contribution in [3.63, 3.8) is 0 Å². The number of aromatic nitrogens is 4. The van der Waals surface area contributed by atoms with Crippen LogP contribution in [-0.4, -0.2) is 39.4 Å². The van der Waals surface area contributed by atoms with Gasteiger partial charge in [0.1, 0.15) is 12.1 Å². The van der Waals surface area contributed by atoms with Gasteiger partial charge in [0.05, 0.1) is 12.3 Å². The van der Waals surface area contributed by atoms with E-state index in [1.807, 2.05) is 24.3 Å². The molecule has 1 aliphatic carbocycles. The van der Waals surface area contributed by atoms with Gasteiger partial charge < -0.3 is 10.1 Å². The van der Waals surface area contributed by atoms with Crippen LogP contribution in [0.25, 0.3) is 5.69 Å². The Labute approximate surface area is 142 Å². The molecule has 128 valence electrons. The normalized spacial score (nSPS) is 29.4. The fraction of sp³-hybridized carbons (Fsp3) is 0.611. The van der Waals surface area contributed by atoms with Crippen LogP contribution in [0.3, 0.4) is 0 Å². The molecule has 0 radical (unpaired) electrons. The summed E-state index contributed by atoms with van der Waals surface area (Å²) in [5.74, 6) is 3.67. The molecule has 1 saturated carbocycles. The predicted octanol–water partition coefficient (Wildman–Crippen LogP) is 2.46. The third kappa shape index (κ3) is 3.59. The Hall–Kier alpha value is -1.95. The topological polar surface area (TPSA) is 64.9 Å². The Morgan fingerprint density at radius 1 is 1.25 bits per heavy atom. The zero-order valence-electron chi connectivity index (χ0n) is 14.1. The van der Waals surface area contributed by atoms with Crippen LogP contribution in [0, 0.1) is 17.8 Å². The van der Waals surface area contributed by atoms with Crippen LogP contribution in [0.5, 0.6) is 5.75 Å². The largest absolute Gasteiger partial charge is 0.494 e. The van der Waals surface area contributed by atoms with E-state index in [1.165, 1.54) is 32.2 Å². The lowest BCUT2D eigenvalue weighted by Gasteiger charge is -2.28. The first-order valence-corrected chi connectivity index (χ1v) is 8.99. The fourth-order valence-corrected chi connectivity index (χ4v) is 4.04.